The van der Waals surface area contributed by atoms with Crippen LogP contribution in [0.25, 0.3) is 0 Å². The van der Waals surface area contributed by atoms with Gasteiger partial charge in [-0.05, 0) is 41.6 Å². The maximum atomic E-state index is 11.6. The van der Waals surface area contributed by atoms with Crippen molar-refractivity contribution in [1.82, 2.24) is 5.32 Å². The fourth-order valence-corrected chi connectivity index (χ4v) is 2.80. The van der Waals surface area contributed by atoms with Crippen molar-refractivity contribution < 1.29 is 13.2 Å². The molecule has 4 N–H and O–H groups in total. The molecule has 0 fully saturated rings. The molecular weight excluding hydrogens is 310 g/mol. The predicted molar refractivity (Wildman–Crippen MR) is 82.9 cm³/mol. The number of hydrogen-bond donors (Lipinski definition) is 3. The summed E-state index contributed by atoms with van der Waals surface area (Å²) in [7, 11) is -3.66. The molecule has 0 aliphatic heterocycles. The van der Waals surface area contributed by atoms with Crippen LogP contribution in [0.5, 0.6) is 0 Å². The van der Waals surface area contributed by atoms with Crippen LogP contribution in [-0.4, -0.2) is 21.0 Å². The first kappa shape index (κ1) is 15.5. The van der Waals surface area contributed by atoms with E-state index in [2.05, 4.69) is 10.6 Å². The van der Waals surface area contributed by atoms with E-state index in [9.17, 15) is 13.2 Å². The average Bonchev–Trinajstić information content (AvgIpc) is 2.91. The molecule has 1 heterocycles. The number of sulfonamides is 1. The van der Waals surface area contributed by atoms with Crippen molar-refractivity contribution in [2.45, 2.75) is 11.3 Å². The zero-order valence-corrected chi connectivity index (χ0v) is 12.7. The maximum Gasteiger partial charge on any atom is 0.319 e. The van der Waals surface area contributed by atoms with E-state index >= 15 is 0 Å². The Morgan fingerprint density at radius 2 is 1.90 bits per heavy atom. The minimum Gasteiger partial charge on any atom is -0.338 e. The molecule has 1 aromatic carbocycles. The second-order valence-corrected chi connectivity index (χ2v) is 6.81. The fourth-order valence-electron chi connectivity index (χ4n) is 1.67. The standard InChI is InChI=1S/C13H15N3O3S2/c14-21(18,19)11-5-3-10(4-6-11)7-8-15-13(17)16-12-2-1-9-20-12/h1-6,9H,7-8H2,(H2,14,18,19)(H2,15,16,17). The summed E-state index contributed by atoms with van der Waals surface area (Å²) in [6.07, 6.45) is 0.600. The fraction of sp³-hybridized carbons (Fsp3) is 0.154. The molecule has 0 unspecified atom stereocenters. The first-order valence-electron chi connectivity index (χ1n) is 6.15. The third kappa shape index (κ3) is 4.85. The van der Waals surface area contributed by atoms with Crippen molar-refractivity contribution in [2.75, 3.05) is 11.9 Å². The van der Waals surface area contributed by atoms with Gasteiger partial charge in [0.25, 0.3) is 0 Å². The number of carbonyl (C=O) groups is 1. The van der Waals surface area contributed by atoms with Crippen molar-refractivity contribution in [3.8, 4) is 0 Å². The van der Waals surface area contributed by atoms with Crippen molar-refractivity contribution in [2.24, 2.45) is 5.14 Å². The van der Waals surface area contributed by atoms with E-state index in [0.29, 0.717) is 13.0 Å². The van der Waals surface area contributed by atoms with Crippen LogP contribution in [0.15, 0.2) is 46.7 Å². The SMILES string of the molecule is NS(=O)(=O)c1ccc(CCNC(=O)Nc2cccs2)cc1. The quantitative estimate of drug-likeness (QED) is 0.780. The zero-order valence-electron chi connectivity index (χ0n) is 11.1. The van der Waals surface area contributed by atoms with Crippen LogP contribution in [0.2, 0.25) is 0 Å². The van der Waals surface area contributed by atoms with Crippen LogP contribution in [0.3, 0.4) is 0 Å². The molecule has 0 atom stereocenters. The summed E-state index contributed by atoms with van der Waals surface area (Å²) in [4.78, 5) is 11.7. The Bertz CT molecular complexity index is 695. The molecule has 0 saturated heterocycles. The molecule has 0 bridgehead atoms. The molecule has 112 valence electrons. The van der Waals surface area contributed by atoms with E-state index in [0.717, 1.165) is 10.6 Å². The van der Waals surface area contributed by atoms with Crippen molar-refractivity contribution in [3.05, 3.63) is 47.3 Å². The van der Waals surface area contributed by atoms with Crippen LogP contribution in [0.4, 0.5) is 9.80 Å². The molecule has 6 nitrogen and oxygen atoms in total. The summed E-state index contributed by atoms with van der Waals surface area (Å²) in [5, 5.41) is 13.1. The van der Waals surface area contributed by atoms with Gasteiger partial charge in [-0.25, -0.2) is 18.4 Å². The molecule has 2 rings (SSSR count). The lowest BCUT2D eigenvalue weighted by Crippen LogP contribution is -2.30. The second kappa shape index (κ2) is 6.70. The highest BCUT2D eigenvalue weighted by Gasteiger charge is 2.07. The van der Waals surface area contributed by atoms with Gasteiger partial charge in [-0.2, -0.15) is 0 Å². The number of hydrogen-bond acceptors (Lipinski definition) is 4. The number of primary sulfonamides is 1. The molecule has 0 radical (unpaired) electrons. The van der Waals surface area contributed by atoms with E-state index in [-0.39, 0.29) is 10.9 Å². The van der Waals surface area contributed by atoms with Gasteiger partial charge in [-0.1, -0.05) is 12.1 Å². The molecule has 0 spiro atoms. The number of amides is 2. The molecule has 1 aromatic heterocycles. The lowest BCUT2D eigenvalue weighted by atomic mass is 10.1. The molecule has 2 amide bonds. The first-order chi connectivity index (χ1) is 9.95. The largest absolute Gasteiger partial charge is 0.338 e. The van der Waals surface area contributed by atoms with E-state index < -0.39 is 10.0 Å². The van der Waals surface area contributed by atoms with Crippen molar-refractivity contribution in [1.29, 1.82) is 0 Å². The van der Waals surface area contributed by atoms with Crippen LogP contribution in [-0.2, 0) is 16.4 Å². The molecule has 0 aliphatic carbocycles. The Morgan fingerprint density at radius 3 is 2.48 bits per heavy atom. The van der Waals surface area contributed by atoms with Gasteiger partial charge in [-0.3, -0.25) is 5.32 Å². The molecular formula is C13H15N3O3S2. The highest BCUT2D eigenvalue weighted by Crippen LogP contribution is 2.14. The Labute approximate surface area is 127 Å². The molecule has 8 heteroatoms. The monoisotopic (exact) mass is 325 g/mol. The van der Waals surface area contributed by atoms with E-state index in [1.807, 2.05) is 17.5 Å². The molecule has 0 saturated carbocycles. The number of benzene rings is 1. The van der Waals surface area contributed by atoms with Crippen LogP contribution < -0.4 is 15.8 Å². The lowest BCUT2D eigenvalue weighted by molar-refractivity contribution is 0.252. The summed E-state index contributed by atoms with van der Waals surface area (Å²) < 4.78 is 22.2. The number of nitrogens with one attached hydrogen (secondary N) is 2. The molecule has 0 aliphatic rings. The van der Waals surface area contributed by atoms with Crippen LogP contribution in [0.1, 0.15) is 5.56 Å². The summed E-state index contributed by atoms with van der Waals surface area (Å²) in [5.74, 6) is 0. The second-order valence-electron chi connectivity index (χ2n) is 4.30. The number of nitrogens with two attached hydrogens (primary N) is 1. The third-order valence-electron chi connectivity index (χ3n) is 2.71. The Balaban J connectivity index is 1.79. The number of rotatable bonds is 5. The van der Waals surface area contributed by atoms with Gasteiger partial charge in [-0.15, -0.1) is 11.3 Å². The zero-order chi connectivity index (χ0) is 15.3. The van der Waals surface area contributed by atoms with Gasteiger partial charge in [0.2, 0.25) is 10.0 Å². The molecule has 2 aromatic rings. The number of carbonyl (C=O) groups excluding carboxylic acids is 1. The summed E-state index contributed by atoms with van der Waals surface area (Å²) in [6.45, 7) is 0.450. The Morgan fingerprint density at radius 1 is 1.19 bits per heavy atom. The average molecular weight is 325 g/mol. The third-order valence-corrected chi connectivity index (χ3v) is 4.42. The van der Waals surface area contributed by atoms with Gasteiger partial charge in [0.05, 0.1) is 9.90 Å². The molecule has 21 heavy (non-hydrogen) atoms. The van der Waals surface area contributed by atoms with Crippen LogP contribution >= 0.6 is 11.3 Å². The van der Waals surface area contributed by atoms with E-state index in [4.69, 9.17) is 5.14 Å². The number of urea groups is 1. The van der Waals surface area contributed by atoms with E-state index in [1.165, 1.54) is 23.5 Å². The lowest BCUT2D eigenvalue weighted by Gasteiger charge is -2.06. The summed E-state index contributed by atoms with van der Waals surface area (Å²) in [5.41, 5.74) is 0.916. The Kier molecular flexibility index (Phi) is 4.94. The van der Waals surface area contributed by atoms with Gasteiger partial charge >= 0.3 is 6.03 Å². The van der Waals surface area contributed by atoms with Crippen LogP contribution in [0, 0.1) is 0 Å². The van der Waals surface area contributed by atoms with Gasteiger partial charge in [0, 0.05) is 6.54 Å². The normalized spacial score (nSPS) is 11.1. The smallest absolute Gasteiger partial charge is 0.319 e. The summed E-state index contributed by atoms with van der Waals surface area (Å²) >= 11 is 1.44. The van der Waals surface area contributed by atoms with Gasteiger partial charge < -0.3 is 5.32 Å². The van der Waals surface area contributed by atoms with Gasteiger partial charge in [0.1, 0.15) is 0 Å². The van der Waals surface area contributed by atoms with Crippen molar-refractivity contribution in [3.63, 3.8) is 0 Å². The highest BCUT2D eigenvalue weighted by molar-refractivity contribution is 7.89. The van der Waals surface area contributed by atoms with E-state index in [1.54, 1.807) is 12.1 Å². The van der Waals surface area contributed by atoms with Crippen molar-refractivity contribution >= 4 is 32.4 Å². The Hall–Kier alpha value is -1.90. The maximum absolute atomic E-state index is 11.6. The minimum absolute atomic E-state index is 0.0784. The highest BCUT2D eigenvalue weighted by atomic mass is 32.2. The number of anilines is 1. The van der Waals surface area contributed by atoms with Gasteiger partial charge in [0.15, 0.2) is 0 Å². The topological polar surface area (TPSA) is 101 Å². The first-order valence-corrected chi connectivity index (χ1v) is 8.58. The summed E-state index contributed by atoms with van der Waals surface area (Å²) in [6, 6.07) is 9.67. The number of thiophene rings is 1. The predicted octanol–water partition coefficient (Wildman–Crippen LogP) is 1.76. The minimum atomic E-state index is -3.66.